The molecule has 0 radical (unpaired) electrons. The number of aromatic nitrogens is 2. The van der Waals surface area contributed by atoms with Gasteiger partial charge in [-0.1, -0.05) is 0 Å². The summed E-state index contributed by atoms with van der Waals surface area (Å²) in [7, 11) is 0. The first-order valence-electron chi connectivity index (χ1n) is 4.60. The predicted molar refractivity (Wildman–Crippen MR) is 51.5 cm³/mol. The molecule has 13 heavy (non-hydrogen) atoms. The van der Waals surface area contributed by atoms with E-state index >= 15 is 0 Å². The first-order valence-corrected chi connectivity index (χ1v) is 4.60. The molecule has 0 unspecified atom stereocenters. The van der Waals surface area contributed by atoms with Crippen LogP contribution < -0.4 is 5.32 Å². The van der Waals surface area contributed by atoms with Crippen LogP contribution in [0.25, 0.3) is 11.0 Å². The highest BCUT2D eigenvalue weighted by atomic mass is 14.9. The van der Waals surface area contributed by atoms with Gasteiger partial charge < -0.3 is 10.3 Å². The van der Waals surface area contributed by atoms with E-state index in [4.69, 9.17) is 0 Å². The number of hydrogen-bond acceptors (Lipinski definition) is 2. The van der Waals surface area contributed by atoms with E-state index in [1.165, 1.54) is 16.5 Å². The maximum atomic E-state index is 4.37. The number of rotatable bonds is 0. The van der Waals surface area contributed by atoms with Gasteiger partial charge in [0.25, 0.3) is 0 Å². The second kappa shape index (κ2) is 2.57. The van der Waals surface area contributed by atoms with Crippen molar-refractivity contribution in [2.75, 3.05) is 6.54 Å². The van der Waals surface area contributed by atoms with Crippen LogP contribution in [0, 0.1) is 0 Å². The maximum absolute atomic E-state index is 4.37. The van der Waals surface area contributed by atoms with Crippen molar-refractivity contribution in [3.05, 3.63) is 29.6 Å². The van der Waals surface area contributed by atoms with Crippen LogP contribution in [0.1, 0.15) is 11.1 Å². The fourth-order valence-corrected chi connectivity index (χ4v) is 1.96. The summed E-state index contributed by atoms with van der Waals surface area (Å²) in [4.78, 5) is 7.50. The molecule has 0 aliphatic carbocycles. The lowest BCUT2D eigenvalue weighted by Gasteiger charge is -2.16. The summed E-state index contributed by atoms with van der Waals surface area (Å²) in [6, 6.07) is 2.11. The summed E-state index contributed by atoms with van der Waals surface area (Å²) in [6.07, 6.45) is 5.05. The lowest BCUT2D eigenvalue weighted by atomic mass is 10.0. The van der Waals surface area contributed by atoms with E-state index in [2.05, 4.69) is 21.4 Å². The third-order valence-electron chi connectivity index (χ3n) is 2.66. The topological polar surface area (TPSA) is 40.7 Å². The smallest absolute Gasteiger partial charge is 0.137 e. The molecule has 0 bridgehead atoms. The van der Waals surface area contributed by atoms with Crippen molar-refractivity contribution < 1.29 is 0 Å². The van der Waals surface area contributed by atoms with Crippen LogP contribution in [0.4, 0.5) is 0 Å². The molecule has 3 nitrogen and oxygen atoms in total. The molecule has 0 fully saturated rings. The Balaban J connectivity index is 2.34. The minimum atomic E-state index is 0.978. The Labute approximate surface area is 76.2 Å². The summed E-state index contributed by atoms with van der Waals surface area (Å²) in [6.45, 7) is 2.05. The second-order valence-corrected chi connectivity index (χ2v) is 3.43. The normalized spacial score (nSPS) is 16.0. The van der Waals surface area contributed by atoms with Crippen molar-refractivity contribution in [2.24, 2.45) is 0 Å². The van der Waals surface area contributed by atoms with Crippen LogP contribution in [0.2, 0.25) is 0 Å². The first kappa shape index (κ1) is 7.09. The van der Waals surface area contributed by atoms with E-state index in [1.807, 2.05) is 12.4 Å². The van der Waals surface area contributed by atoms with Gasteiger partial charge in [0.05, 0.1) is 0 Å². The van der Waals surface area contributed by atoms with E-state index in [0.29, 0.717) is 0 Å². The molecule has 1 aliphatic heterocycles. The minimum absolute atomic E-state index is 0.978. The molecular weight excluding hydrogens is 162 g/mol. The van der Waals surface area contributed by atoms with Crippen molar-refractivity contribution in [1.82, 2.24) is 15.3 Å². The van der Waals surface area contributed by atoms with Gasteiger partial charge in [0.15, 0.2) is 0 Å². The molecule has 3 rings (SSSR count). The summed E-state index contributed by atoms with van der Waals surface area (Å²) >= 11 is 0. The van der Waals surface area contributed by atoms with E-state index < -0.39 is 0 Å². The van der Waals surface area contributed by atoms with E-state index in [0.717, 1.165) is 25.2 Å². The van der Waals surface area contributed by atoms with Gasteiger partial charge in [-0.15, -0.1) is 0 Å². The zero-order valence-electron chi connectivity index (χ0n) is 7.30. The molecule has 0 saturated carbocycles. The Hall–Kier alpha value is -1.35. The van der Waals surface area contributed by atoms with Gasteiger partial charge >= 0.3 is 0 Å². The fourth-order valence-electron chi connectivity index (χ4n) is 1.96. The van der Waals surface area contributed by atoms with Crippen molar-refractivity contribution >= 4 is 11.0 Å². The Kier molecular flexibility index (Phi) is 1.40. The zero-order valence-corrected chi connectivity index (χ0v) is 7.30. The summed E-state index contributed by atoms with van der Waals surface area (Å²) < 4.78 is 0. The van der Waals surface area contributed by atoms with Gasteiger partial charge in [0.2, 0.25) is 0 Å². The molecule has 1 aliphatic rings. The van der Waals surface area contributed by atoms with E-state index in [9.17, 15) is 0 Å². The molecule has 0 amide bonds. The Morgan fingerprint density at radius 1 is 1.38 bits per heavy atom. The Morgan fingerprint density at radius 2 is 2.38 bits per heavy atom. The summed E-state index contributed by atoms with van der Waals surface area (Å²) in [5, 5.41) is 4.65. The molecule has 2 aromatic rings. The summed E-state index contributed by atoms with van der Waals surface area (Å²) in [5.41, 5.74) is 3.81. The molecule has 66 valence electrons. The molecule has 2 aromatic heterocycles. The largest absolute Gasteiger partial charge is 0.346 e. The average Bonchev–Trinajstić information content (AvgIpc) is 2.65. The van der Waals surface area contributed by atoms with Crippen molar-refractivity contribution in [1.29, 1.82) is 0 Å². The Bertz CT molecular complexity index is 444. The molecule has 0 spiro atoms. The molecule has 0 saturated heterocycles. The van der Waals surface area contributed by atoms with Crippen LogP contribution in [-0.2, 0) is 13.0 Å². The number of aromatic amines is 1. The van der Waals surface area contributed by atoms with Crippen molar-refractivity contribution in [2.45, 2.75) is 13.0 Å². The summed E-state index contributed by atoms with van der Waals surface area (Å²) in [5.74, 6) is 0. The second-order valence-electron chi connectivity index (χ2n) is 3.43. The molecule has 3 heteroatoms. The van der Waals surface area contributed by atoms with Crippen LogP contribution >= 0.6 is 0 Å². The molecule has 0 atom stereocenters. The highest BCUT2D eigenvalue weighted by molar-refractivity contribution is 5.80. The Morgan fingerprint density at radius 3 is 3.38 bits per heavy atom. The minimum Gasteiger partial charge on any atom is -0.346 e. The van der Waals surface area contributed by atoms with Crippen LogP contribution in [0.5, 0.6) is 0 Å². The third kappa shape index (κ3) is 0.971. The van der Waals surface area contributed by atoms with Gasteiger partial charge in [-0.3, -0.25) is 0 Å². The number of nitrogens with one attached hydrogen (secondary N) is 2. The average molecular weight is 173 g/mol. The van der Waals surface area contributed by atoms with Gasteiger partial charge in [0, 0.05) is 24.3 Å². The molecule has 0 aromatic carbocycles. The molecule has 3 heterocycles. The van der Waals surface area contributed by atoms with Crippen LogP contribution in [0.3, 0.4) is 0 Å². The zero-order chi connectivity index (χ0) is 8.67. The number of nitrogens with zero attached hydrogens (tertiary/aromatic N) is 1. The monoisotopic (exact) mass is 173 g/mol. The third-order valence-corrected chi connectivity index (χ3v) is 2.66. The highest BCUT2D eigenvalue weighted by Gasteiger charge is 2.12. The molecule has 2 N–H and O–H groups in total. The predicted octanol–water partition coefficient (Wildman–Crippen LogP) is 1.21. The molecular formula is C10H11N3. The van der Waals surface area contributed by atoms with E-state index in [-0.39, 0.29) is 0 Å². The standard InChI is InChI=1S/C10H11N3/c1-3-11-6-9-7(1)5-13-10-8(9)2-4-12-10/h2,4-5,11H,1,3,6H2,(H,12,13). The van der Waals surface area contributed by atoms with Crippen molar-refractivity contribution in [3.8, 4) is 0 Å². The number of hydrogen-bond donors (Lipinski definition) is 2. The quantitative estimate of drug-likeness (QED) is 0.628. The lowest BCUT2D eigenvalue weighted by Crippen LogP contribution is -2.23. The fraction of sp³-hybridized carbons (Fsp3) is 0.300. The number of fused-ring (bicyclic) bond motifs is 3. The van der Waals surface area contributed by atoms with Gasteiger partial charge in [-0.05, 0) is 30.2 Å². The van der Waals surface area contributed by atoms with Gasteiger partial charge in [-0.25, -0.2) is 4.98 Å². The van der Waals surface area contributed by atoms with Crippen LogP contribution in [0.15, 0.2) is 18.5 Å². The number of pyridine rings is 1. The van der Waals surface area contributed by atoms with Crippen molar-refractivity contribution in [3.63, 3.8) is 0 Å². The highest BCUT2D eigenvalue weighted by Crippen LogP contribution is 2.21. The first-order chi connectivity index (χ1) is 6.45. The lowest BCUT2D eigenvalue weighted by molar-refractivity contribution is 0.646. The SMILES string of the molecule is c1cc2c3c(cnc2[nH]1)CCNC3. The number of H-pyrrole nitrogens is 1. The van der Waals surface area contributed by atoms with Gasteiger partial charge in [0.1, 0.15) is 5.65 Å². The maximum Gasteiger partial charge on any atom is 0.137 e. The van der Waals surface area contributed by atoms with Gasteiger partial charge in [-0.2, -0.15) is 0 Å². The van der Waals surface area contributed by atoms with E-state index in [1.54, 1.807) is 0 Å². The van der Waals surface area contributed by atoms with Crippen LogP contribution in [-0.4, -0.2) is 16.5 Å².